The van der Waals surface area contributed by atoms with Crippen LogP contribution in [0.2, 0.25) is 0 Å². The molecule has 0 aliphatic rings. The van der Waals surface area contributed by atoms with Gasteiger partial charge in [0.25, 0.3) is 0 Å². The van der Waals surface area contributed by atoms with E-state index in [2.05, 4.69) is 73.4 Å². The second kappa shape index (κ2) is 7.29. The summed E-state index contributed by atoms with van der Waals surface area (Å²) in [5.41, 5.74) is 5.60. The molecule has 3 aromatic carbocycles. The molecule has 0 N–H and O–H groups in total. The minimum absolute atomic E-state index is 1.03. The SMILES string of the molecule is Cc1ccc(C#C/C(=C/c2ccccc2)c2ccccc2)cc1. The molecule has 3 rings (SSSR count). The summed E-state index contributed by atoms with van der Waals surface area (Å²) in [7, 11) is 0. The van der Waals surface area contributed by atoms with Crippen LogP contribution in [0.15, 0.2) is 84.9 Å². The van der Waals surface area contributed by atoms with Crippen molar-refractivity contribution in [1.29, 1.82) is 0 Å². The van der Waals surface area contributed by atoms with Crippen molar-refractivity contribution in [2.45, 2.75) is 6.92 Å². The molecule has 0 aliphatic heterocycles. The maximum absolute atomic E-state index is 3.33. The highest BCUT2D eigenvalue weighted by Gasteiger charge is 1.98. The first-order valence-corrected chi connectivity index (χ1v) is 7.72. The van der Waals surface area contributed by atoms with Crippen LogP contribution in [0.4, 0.5) is 0 Å². The standard InChI is InChI=1S/C23H18/c1-19-12-14-20(15-13-19)16-17-23(22-10-6-3-7-11-22)18-21-8-4-2-5-9-21/h2-15,18H,1H3/b23-18-. The molecule has 0 heteroatoms. The van der Waals surface area contributed by atoms with Gasteiger partial charge in [0.2, 0.25) is 0 Å². The molecule has 0 bridgehead atoms. The molecule has 0 aromatic heterocycles. The van der Waals surface area contributed by atoms with E-state index in [1.54, 1.807) is 0 Å². The Balaban J connectivity index is 2.00. The van der Waals surface area contributed by atoms with Gasteiger partial charge in [0.05, 0.1) is 0 Å². The molecular weight excluding hydrogens is 276 g/mol. The quantitative estimate of drug-likeness (QED) is 0.427. The summed E-state index contributed by atoms with van der Waals surface area (Å²) >= 11 is 0. The van der Waals surface area contributed by atoms with Gasteiger partial charge in [-0.05, 0) is 36.3 Å². The van der Waals surface area contributed by atoms with Crippen molar-refractivity contribution >= 4 is 11.6 Å². The zero-order chi connectivity index (χ0) is 15.9. The zero-order valence-corrected chi connectivity index (χ0v) is 13.2. The minimum atomic E-state index is 1.03. The van der Waals surface area contributed by atoms with Gasteiger partial charge in [-0.2, -0.15) is 0 Å². The Morgan fingerprint density at radius 3 is 2.00 bits per heavy atom. The van der Waals surface area contributed by atoms with Gasteiger partial charge in [0, 0.05) is 11.1 Å². The summed E-state index contributed by atoms with van der Waals surface area (Å²) in [6.07, 6.45) is 2.14. The first-order valence-electron chi connectivity index (χ1n) is 7.72. The fraction of sp³-hybridized carbons (Fsp3) is 0.0435. The summed E-state index contributed by atoms with van der Waals surface area (Å²) in [6, 6.07) is 28.9. The molecule has 3 aromatic rings. The normalized spacial score (nSPS) is 10.7. The summed E-state index contributed by atoms with van der Waals surface area (Å²) in [5.74, 6) is 6.60. The molecule has 0 heterocycles. The smallest absolute Gasteiger partial charge is 0.0327 e. The third-order valence-corrected chi connectivity index (χ3v) is 3.59. The minimum Gasteiger partial charge on any atom is -0.0622 e. The Bertz CT molecular complexity index is 843. The molecule has 0 aliphatic carbocycles. The average molecular weight is 294 g/mol. The maximum atomic E-state index is 3.33. The Morgan fingerprint density at radius 1 is 0.739 bits per heavy atom. The molecule has 0 atom stereocenters. The first-order chi connectivity index (χ1) is 11.3. The number of benzene rings is 3. The number of aryl methyl sites for hydroxylation is 1. The number of hydrogen-bond acceptors (Lipinski definition) is 0. The highest BCUT2D eigenvalue weighted by atomic mass is 14.0. The molecule has 0 unspecified atom stereocenters. The van der Waals surface area contributed by atoms with E-state index in [1.165, 1.54) is 5.56 Å². The lowest BCUT2D eigenvalue weighted by Gasteiger charge is -2.01. The van der Waals surface area contributed by atoms with Crippen LogP contribution in [0.3, 0.4) is 0 Å². The molecule has 0 radical (unpaired) electrons. The second-order valence-corrected chi connectivity index (χ2v) is 5.45. The molecule has 110 valence electrons. The molecule has 0 saturated heterocycles. The predicted octanol–water partition coefficient (Wildman–Crippen LogP) is 5.59. The predicted molar refractivity (Wildman–Crippen MR) is 98.8 cm³/mol. The summed E-state index contributed by atoms with van der Waals surface area (Å²) in [4.78, 5) is 0. The van der Waals surface area contributed by atoms with Crippen molar-refractivity contribution in [2.75, 3.05) is 0 Å². The third kappa shape index (κ3) is 4.22. The third-order valence-electron chi connectivity index (χ3n) is 3.59. The van der Waals surface area contributed by atoms with E-state index in [-0.39, 0.29) is 0 Å². The molecule has 0 saturated carbocycles. The van der Waals surface area contributed by atoms with E-state index >= 15 is 0 Å². The Kier molecular flexibility index (Phi) is 4.72. The molecule has 0 nitrogen and oxygen atoms in total. The second-order valence-electron chi connectivity index (χ2n) is 5.45. The van der Waals surface area contributed by atoms with Crippen LogP contribution in [-0.2, 0) is 0 Å². The lowest BCUT2D eigenvalue weighted by molar-refractivity contribution is 1.46. The monoisotopic (exact) mass is 294 g/mol. The Labute approximate surface area is 138 Å². The van der Waals surface area contributed by atoms with Crippen molar-refractivity contribution in [3.8, 4) is 11.8 Å². The molecule has 0 spiro atoms. The van der Waals surface area contributed by atoms with Crippen LogP contribution in [0, 0.1) is 18.8 Å². The van der Waals surface area contributed by atoms with Gasteiger partial charge in [-0.25, -0.2) is 0 Å². The van der Waals surface area contributed by atoms with Crippen LogP contribution in [0.25, 0.3) is 11.6 Å². The lowest BCUT2D eigenvalue weighted by Crippen LogP contribution is -1.82. The van der Waals surface area contributed by atoms with Crippen LogP contribution in [0.5, 0.6) is 0 Å². The van der Waals surface area contributed by atoms with Crippen LogP contribution in [0.1, 0.15) is 22.3 Å². The van der Waals surface area contributed by atoms with Crippen molar-refractivity contribution in [3.05, 3.63) is 107 Å². The molecule has 0 amide bonds. The average Bonchev–Trinajstić information content (AvgIpc) is 2.61. The fourth-order valence-electron chi connectivity index (χ4n) is 2.30. The van der Waals surface area contributed by atoms with E-state index in [1.807, 2.05) is 36.4 Å². The van der Waals surface area contributed by atoms with Crippen LogP contribution < -0.4 is 0 Å². The van der Waals surface area contributed by atoms with Crippen molar-refractivity contribution in [2.24, 2.45) is 0 Å². The van der Waals surface area contributed by atoms with Gasteiger partial charge in [0.1, 0.15) is 0 Å². The van der Waals surface area contributed by atoms with Gasteiger partial charge in [-0.1, -0.05) is 90.2 Å². The topological polar surface area (TPSA) is 0 Å². The number of allylic oxidation sites excluding steroid dienone is 1. The largest absolute Gasteiger partial charge is 0.0622 e. The van der Waals surface area contributed by atoms with Crippen LogP contribution >= 0.6 is 0 Å². The van der Waals surface area contributed by atoms with Crippen LogP contribution in [-0.4, -0.2) is 0 Å². The highest BCUT2D eigenvalue weighted by Crippen LogP contribution is 2.17. The van der Waals surface area contributed by atoms with Gasteiger partial charge in [-0.15, -0.1) is 0 Å². The Morgan fingerprint density at radius 2 is 1.35 bits per heavy atom. The molecular formula is C23H18. The van der Waals surface area contributed by atoms with Crippen molar-refractivity contribution in [3.63, 3.8) is 0 Å². The van der Waals surface area contributed by atoms with E-state index in [0.717, 1.165) is 22.3 Å². The summed E-state index contributed by atoms with van der Waals surface area (Å²) in [6.45, 7) is 2.09. The van der Waals surface area contributed by atoms with Gasteiger partial charge >= 0.3 is 0 Å². The first kappa shape index (κ1) is 14.9. The summed E-state index contributed by atoms with van der Waals surface area (Å²) in [5, 5.41) is 0. The maximum Gasteiger partial charge on any atom is 0.0327 e. The molecule has 23 heavy (non-hydrogen) atoms. The summed E-state index contributed by atoms with van der Waals surface area (Å²) < 4.78 is 0. The van der Waals surface area contributed by atoms with E-state index < -0.39 is 0 Å². The lowest BCUT2D eigenvalue weighted by atomic mass is 10.0. The van der Waals surface area contributed by atoms with Crippen molar-refractivity contribution in [1.82, 2.24) is 0 Å². The Hall–Kier alpha value is -3.04. The van der Waals surface area contributed by atoms with Gasteiger partial charge < -0.3 is 0 Å². The van der Waals surface area contributed by atoms with E-state index in [9.17, 15) is 0 Å². The van der Waals surface area contributed by atoms with Crippen molar-refractivity contribution < 1.29 is 0 Å². The fourth-order valence-corrected chi connectivity index (χ4v) is 2.30. The molecule has 0 fully saturated rings. The zero-order valence-electron chi connectivity index (χ0n) is 13.2. The highest BCUT2D eigenvalue weighted by molar-refractivity contribution is 5.91. The van der Waals surface area contributed by atoms with E-state index in [4.69, 9.17) is 0 Å². The van der Waals surface area contributed by atoms with Gasteiger partial charge in [0.15, 0.2) is 0 Å². The van der Waals surface area contributed by atoms with Gasteiger partial charge in [-0.3, -0.25) is 0 Å². The number of hydrogen-bond donors (Lipinski definition) is 0. The number of rotatable bonds is 2. The van der Waals surface area contributed by atoms with E-state index in [0.29, 0.717) is 0 Å².